The molecule has 0 aliphatic rings. The summed E-state index contributed by atoms with van der Waals surface area (Å²) < 4.78 is 35.7. The summed E-state index contributed by atoms with van der Waals surface area (Å²) in [6.07, 6.45) is -3.10. The Morgan fingerprint density at radius 3 is 2.67 bits per heavy atom. The zero-order valence-electron chi connectivity index (χ0n) is 6.01. The normalized spacial score (nSPS) is 14.7. The molecular weight excluding hydrogens is 189 g/mol. The molecular formula is C6H7F3N2S. The van der Waals surface area contributed by atoms with Crippen LogP contribution in [0.1, 0.15) is 4.88 Å². The summed E-state index contributed by atoms with van der Waals surface area (Å²) in [5.74, 6) is 0. The molecule has 1 rings (SSSR count). The first-order chi connectivity index (χ1) is 5.50. The number of nitrogens with two attached hydrogens (primary N) is 1. The van der Waals surface area contributed by atoms with E-state index in [0.29, 0.717) is 4.88 Å². The van der Waals surface area contributed by atoms with Gasteiger partial charge in [0.15, 0.2) is 0 Å². The Bertz CT molecular complexity index is 231. The van der Waals surface area contributed by atoms with Crippen molar-refractivity contribution in [2.24, 2.45) is 5.73 Å². The zero-order valence-corrected chi connectivity index (χ0v) is 6.82. The topological polar surface area (TPSA) is 38.9 Å². The molecule has 2 N–H and O–H groups in total. The quantitative estimate of drug-likeness (QED) is 0.779. The van der Waals surface area contributed by atoms with Gasteiger partial charge in [-0.25, -0.2) is 0 Å². The molecule has 12 heavy (non-hydrogen) atoms. The lowest BCUT2D eigenvalue weighted by Crippen LogP contribution is -2.38. The minimum Gasteiger partial charge on any atom is -0.320 e. The second-order valence-corrected chi connectivity index (χ2v) is 3.29. The molecule has 0 aliphatic carbocycles. The van der Waals surface area contributed by atoms with Crippen LogP contribution in [0.15, 0.2) is 11.7 Å². The molecule has 1 unspecified atom stereocenters. The SMILES string of the molecule is NC(Cc1cncs1)C(F)(F)F. The average molecular weight is 196 g/mol. The molecule has 2 nitrogen and oxygen atoms in total. The number of hydrogen-bond donors (Lipinski definition) is 1. The van der Waals surface area contributed by atoms with E-state index in [4.69, 9.17) is 5.73 Å². The van der Waals surface area contributed by atoms with Crippen molar-refractivity contribution in [1.29, 1.82) is 0 Å². The van der Waals surface area contributed by atoms with Crippen LogP contribution in [0.2, 0.25) is 0 Å². The standard InChI is InChI=1S/C6H7F3N2S/c7-6(8,9)5(10)1-4-2-11-3-12-4/h2-3,5H,1,10H2. The van der Waals surface area contributed by atoms with Crippen molar-refractivity contribution in [3.63, 3.8) is 0 Å². The van der Waals surface area contributed by atoms with Gasteiger partial charge in [0.05, 0.1) is 5.51 Å². The summed E-state index contributed by atoms with van der Waals surface area (Å²) in [5, 5.41) is 0. The largest absolute Gasteiger partial charge is 0.403 e. The second-order valence-electron chi connectivity index (χ2n) is 2.32. The summed E-state index contributed by atoms with van der Waals surface area (Å²) in [6.45, 7) is 0. The van der Waals surface area contributed by atoms with Crippen molar-refractivity contribution < 1.29 is 13.2 Å². The van der Waals surface area contributed by atoms with Gasteiger partial charge < -0.3 is 5.73 Å². The molecule has 0 saturated heterocycles. The number of halogens is 3. The maximum atomic E-state index is 11.9. The lowest BCUT2D eigenvalue weighted by Gasteiger charge is -2.13. The van der Waals surface area contributed by atoms with Crippen molar-refractivity contribution in [2.75, 3.05) is 0 Å². The van der Waals surface area contributed by atoms with Crippen LogP contribution in [0.5, 0.6) is 0 Å². The molecule has 0 aromatic carbocycles. The number of rotatable bonds is 2. The predicted molar refractivity (Wildman–Crippen MR) is 39.8 cm³/mol. The highest BCUT2D eigenvalue weighted by molar-refractivity contribution is 7.09. The molecule has 0 amide bonds. The van der Waals surface area contributed by atoms with Gasteiger partial charge in [-0.15, -0.1) is 11.3 Å². The van der Waals surface area contributed by atoms with Gasteiger partial charge in [-0.2, -0.15) is 13.2 Å². The average Bonchev–Trinajstić information content (AvgIpc) is 2.37. The van der Waals surface area contributed by atoms with Crippen molar-refractivity contribution in [3.8, 4) is 0 Å². The van der Waals surface area contributed by atoms with E-state index in [2.05, 4.69) is 4.98 Å². The Balaban J connectivity index is 2.53. The predicted octanol–water partition coefficient (Wildman–Crippen LogP) is 1.58. The lowest BCUT2D eigenvalue weighted by molar-refractivity contribution is -0.147. The number of nitrogens with zero attached hydrogens (tertiary/aromatic N) is 1. The van der Waals surface area contributed by atoms with Crippen LogP contribution in [0.25, 0.3) is 0 Å². The highest BCUT2D eigenvalue weighted by Crippen LogP contribution is 2.22. The molecule has 1 aromatic rings. The van der Waals surface area contributed by atoms with Crippen molar-refractivity contribution in [2.45, 2.75) is 18.6 Å². The maximum absolute atomic E-state index is 11.9. The van der Waals surface area contributed by atoms with Crippen molar-refractivity contribution >= 4 is 11.3 Å². The maximum Gasteiger partial charge on any atom is 0.403 e. The van der Waals surface area contributed by atoms with E-state index in [0.717, 1.165) is 0 Å². The highest BCUT2D eigenvalue weighted by Gasteiger charge is 2.36. The van der Waals surface area contributed by atoms with Gasteiger partial charge in [0, 0.05) is 17.5 Å². The van der Waals surface area contributed by atoms with Gasteiger partial charge in [-0.1, -0.05) is 0 Å². The fourth-order valence-corrected chi connectivity index (χ4v) is 1.33. The Morgan fingerprint density at radius 1 is 1.58 bits per heavy atom. The van der Waals surface area contributed by atoms with Gasteiger partial charge in [0.2, 0.25) is 0 Å². The van der Waals surface area contributed by atoms with Crippen LogP contribution in [0, 0.1) is 0 Å². The van der Waals surface area contributed by atoms with Gasteiger partial charge in [0.1, 0.15) is 6.04 Å². The van der Waals surface area contributed by atoms with E-state index in [1.54, 1.807) is 0 Å². The van der Waals surface area contributed by atoms with E-state index in [1.165, 1.54) is 23.0 Å². The highest BCUT2D eigenvalue weighted by atomic mass is 32.1. The summed E-state index contributed by atoms with van der Waals surface area (Å²) >= 11 is 1.18. The molecule has 1 heterocycles. The second kappa shape index (κ2) is 3.40. The minimum atomic E-state index is -4.32. The van der Waals surface area contributed by atoms with Gasteiger partial charge in [0.25, 0.3) is 0 Å². The monoisotopic (exact) mass is 196 g/mol. The minimum absolute atomic E-state index is 0.186. The van der Waals surface area contributed by atoms with E-state index in [1.807, 2.05) is 0 Å². The number of thiazole rings is 1. The molecule has 6 heteroatoms. The molecule has 68 valence electrons. The molecule has 0 saturated carbocycles. The van der Waals surface area contributed by atoms with Gasteiger partial charge in [-0.3, -0.25) is 4.98 Å². The van der Waals surface area contributed by atoms with Crippen molar-refractivity contribution in [3.05, 3.63) is 16.6 Å². The summed E-state index contributed by atoms with van der Waals surface area (Å²) in [4.78, 5) is 4.21. The van der Waals surface area contributed by atoms with E-state index < -0.39 is 12.2 Å². The number of aromatic nitrogens is 1. The Morgan fingerprint density at radius 2 is 2.25 bits per heavy atom. The molecule has 1 atom stereocenters. The zero-order chi connectivity index (χ0) is 9.19. The molecule has 0 fully saturated rings. The fourth-order valence-electron chi connectivity index (χ4n) is 0.675. The van der Waals surface area contributed by atoms with E-state index >= 15 is 0 Å². The first-order valence-electron chi connectivity index (χ1n) is 3.20. The van der Waals surface area contributed by atoms with Gasteiger partial charge >= 0.3 is 6.18 Å². The fraction of sp³-hybridized carbons (Fsp3) is 0.500. The van der Waals surface area contributed by atoms with Crippen LogP contribution in [0.3, 0.4) is 0 Å². The third-order valence-corrected chi connectivity index (χ3v) is 2.13. The van der Waals surface area contributed by atoms with Crippen LogP contribution in [-0.4, -0.2) is 17.2 Å². The van der Waals surface area contributed by atoms with Crippen LogP contribution >= 0.6 is 11.3 Å². The third-order valence-electron chi connectivity index (χ3n) is 1.32. The first-order valence-corrected chi connectivity index (χ1v) is 4.08. The van der Waals surface area contributed by atoms with Gasteiger partial charge in [-0.05, 0) is 0 Å². The summed E-state index contributed by atoms with van der Waals surface area (Å²) in [7, 11) is 0. The van der Waals surface area contributed by atoms with E-state index in [-0.39, 0.29) is 6.42 Å². The number of hydrogen-bond acceptors (Lipinski definition) is 3. The van der Waals surface area contributed by atoms with Crippen LogP contribution in [-0.2, 0) is 6.42 Å². The molecule has 0 radical (unpaired) electrons. The van der Waals surface area contributed by atoms with E-state index in [9.17, 15) is 13.2 Å². The summed E-state index contributed by atoms with van der Waals surface area (Å²) in [6, 6.07) is -1.78. The molecule has 0 spiro atoms. The third kappa shape index (κ3) is 2.46. The molecule has 0 bridgehead atoms. The van der Waals surface area contributed by atoms with Crippen LogP contribution < -0.4 is 5.73 Å². The Hall–Kier alpha value is -0.620. The lowest BCUT2D eigenvalue weighted by atomic mass is 10.2. The number of alkyl halides is 3. The summed E-state index contributed by atoms with van der Waals surface area (Å²) in [5.41, 5.74) is 6.38. The van der Waals surface area contributed by atoms with Crippen LogP contribution in [0.4, 0.5) is 13.2 Å². The van der Waals surface area contributed by atoms with Crippen molar-refractivity contribution in [1.82, 2.24) is 4.98 Å². The Kier molecular flexibility index (Phi) is 2.69. The first kappa shape index (κ1) is 9.47. The molecule has 1 aromatic heterocycles. The smallest absolute Gasteiger partial charge is 0.320 e. The molecule has 0 aliphatic heterocycles. The Labute approximate surface area is 71.2 Å².